The number of hydrogen-bond acceptors (Lipinski definition) is 6. The van der Waals surface area contributed by atoms with Gasteiger partial charge in [0.1, 0.15) is 11.4 Å². The first-order chi connectivity index (χ1) is 12.4. The molecule has 1 aromatic carbocycles. The van der Waals surface area contributed by atoms with Gasteiger partial charge in [-0.05, 0) is 36.1 Å². The van der Waals surface area contributed by atoms with E-state index >= 15 is 0 Å². The Labute approximate surface area is 155 Å². The van der Waals surface area contributed by atoms with Gasteiger partial charge in [-0.2, -0.15) is 11.8 Å². The third kappa shape index (κ3) is 2.72. The number of methoxy groups -OCH3 is 1. The van der Waals surface area contributed by atoms with Crippen LogP contribution < -0.4 is 5.32 Å². The summed E-state index contributed by atoms with van der Waals surface area (Å²) in [5, 5.41) is 3.23. The minimum absolute atomic E-state index is 0.336. The van der Waals surface area contributed by atoms with Gasteiger partial charge in [-0.15, -0.1) is 0 Å². The zero-order chi connectivity index (χ0) is 19.1. The van der Waals surface area contributed by atoms with Gasteiger partial charge in [0.2, 0.25) is 11.8 Å². The molecule has 2 aliphatic heterocycles. The van der Waals surface area contributed by atoms with Crippen molar-refractivity contribution < 1.29 is 23.5 Å². The second-order valence-corrected chi connectivity index (χ2v) is 7.60. The molecule has 1 aromatic rings. The van der Waals surface area contributed by atoms with Crippen LogP contribution in [0.4, 0.5) is 4.39 Å². The fraction of sp³-hybridized carbons (Fsp3) is 0.500. The lowest BCUT2D eigenvalue weighted by atomic mass is 9.78. The van der Waals surface area contributed by atoms with Crippen molar-refractivity contribution in [3.63, 3.8) is 0 Å². The molecule has 4 unspecified atom stereocenters. The molecule has 0 bridgehead atoms. The molecule has 140 valence electrons. The second kappa shape index (κ2) is 7.00. The highest BCUT2D eigenvalue weighted by Crippen LogP contribution is 2.50. The zero-order valence-electron chi connectivity index (χ0n) is 14.8. The molecule has 0 radical (unpaired) electrons. The lowest BCUT2D eigenvalue weighted by Crippen LogP contribution is -2.56. The minimum atomic E-state index is -1.28. The van der Waals surface area contributed by atoms with Gasteiger partial charge in [0.15, 0.2) is 0 Å². The number of benzene rings is 1. The number of hydrogen-bond donors (Lipinski definition) is 1. The number of carbonyl (C=O) groups is 3. The van der Waals surface area contributed by atoms with E-state index in [0.29, 0.717) is 17.7 Å². The second-order valence-electron chi connectivity index (χ2n) is 6.62. The highest BCUT2D eigenvalue weighted by Gasteiger charge is 2.67. The molecule has 8 heteroatoms. The third-order valence-corrected chi connectivity index (χ3v) is 5.97. The SMILES string of the molecule is COC(=O)C1(CCSC)NC(c2ccc(F)cc2)C2C(=O)N(C)C(=O)C21. The molecule has 2 saturated heterocycles. The van der Waals surface area contributed by atoms with Crippen molar-refractivity contribution in [1.29, 1.82) is 0 Å². The summed E-state index contributed by atoms with van der Waals surface area (Å²) in [5.41, 5.74) is -0.619. The number of thioether (sulfide) groups is 1. The Morgan fingerprint density at radius 1 is 1.31 bits per heavy atom. The predicted molar refractivity (Wildman–Crippen MR) is 94.8 cm³/mol. The number of rotatable bonds is 5. The fourth-order valence-electron chi connectivity index (χ4n) is 4.07. The number of carbonyl (C=O) groups excluding carboxylic acids is 3. The zero-order valence-corrected chi connectivity index (χ0v) is 15.6. The average Bonchev–Trinajstić information content (AvgIpc) is 3.10. The number of nitrogens with zero attached hydrogens (tertiary/aromatic N) is 1. The molecule has 2 amide bonds. The maximum absolute atomic E-state index is 13.3. The first-order valence-electron chi connectivity index (χ1n) is 8.29. The number of likely N-dealkylation sites (tertiary alicyclic amines) is 1. The molecular formula is C18H21FN2O4S. The molecule has 1 N–H and O–H groups in total. The quantitative estimate of drug-likeness (QED) is 0.614. The van der Waals surface area contributed by atoms with E-state index < -0.39 is 35.2 Å². The summed E-state index contributed by atoms with van der Waals surface area (Å²) < 4.78 is 18.3. The van der Waals surface area contributed by atoms with E-state index in [2.05, 4.69) is 5.32 Å². The summed E-state index contributed by atoms with van der Waals surface area (Å²) in [7, 11) is 2.71. The first kappa shape index (κ1) is 18.8. The molecule has 0 spiro atoms. The fourth-order valence-corrected chi connectivity index (χ4v) is 4.59. The van der Waals surface area contributed by atoms with E-state index in [9.17, 15) is 18.8 Å². The van der Waals surface area contributed by atoms with Crippen LogP contribution in [0.25, 0.3) is 0 Å². The average molecular weight is 380 g/mol. The number of ether oxygens (including phenoxy) is 1. The summed E-state index contributed by atoms with van der Waals surface area (Å²) in [6.45, 7) is 0. The summed E-state index contributed by atoms with van der Waals surface area (Å²) in [4.78, 5) is 39.4. The molecule has 2 fully saturated rings. The van der Waals surface area contributed by atoms with Crippen molar-refractivity contribution in [2.24, 2.45) is 11.8 Å². The van der Waals surface area contributed by atoms with E-state index in [-0.39, 0.29) is 11.8 Å². The molecule has 26 heavy (non-hydrogen) atoms. The molecule has 0 aliphatic carbocycles. The maximum Gasteiger partial charge on any atom is 0.326 e. The highest BCUT2D eigenvalue weighted by atomic mass is 32.2. The van der Waals surface area contributed by atoms with Gasteiger partial charge in [0.05, 0.1) is 18.9 Å². The Morgan fingerprint density at radius 2 is 1.96 bits per heavy atom. The molecule has 0 saturated carbocycles. The highest BCUT2D eigenvalue weighted by molar-refractivity contribution is 7.98. The van der Waals surface area contributed by atoms with Crippen molar-refractivity contribution in [2.45, 2.75) is 18.0 Å². The van der Waals surface area contributed by atoms with Gasteiger partial charge in [0, 0.05) is 13.1 Å². The van der Waals surface area contributed by atoms with Crippen molar-refractivity contribution in [3.8, 4) is 0 Å². The minimum Gasteiger partial charge on any atom is -0.468 e. The van der Waals surface area contributed by atoms with Crippen molar-refractivity contribution in [3.05, 3.63) is 35.6 Å². The van der Waals surface area contributed by atoms with Crippen LogP contribution in [0.2, 0.25) is 0 Å². The third-order valence-electron chi connectivity index (χ3n) is 5.35. The maximum atomic E-state index is 13.3. The van der Waals surface area contributed by atoms with Gasteiger partial charge in [-0.25, -0.2) is 4.39 Å². The topological polar surface area (TPSA) is 75.7 Å². The first-order valence-corrected chi connectivity index (χ1v) is 9.68. The summed E-state index contributed by atoms with van der Waals surface area (Å²) in [5.74, 6) is -2.61. The van der Waals surface area contributed by atoms with Gasteiger partial charge in [-0.3, -0.25) is 24.6 Å². The van der Waals surface area contributed by atoms with E-state index in [1.807, 2.05) is 6.26 Å². The van der Waals surface area contributed by atoms with E-state index in [1.54, 1.807) is 23.9 Å². The lowest BCUT2D eigenvalue weighted by Gasteiger charge is -2.32. The molecule has 4 atom stereocenters. The van der Waals surface area contributed by atoms with Crippen molar-refractivity contribution >= 4 is 29.5 Å². The smallest absolute Gasteiger partial charge is 0.326 e. The van der Waals surface area contributed by atoms with E-state index in [1.165, 1.54) is 26.3 Å². The van der Waals surface area contributed by atoms with Crippen LogP contribution in [0.3, 0.4) is 0 Å². The monoisotopic (exact) mass is 380 g/mol. The van der Waals surface area contributed by atoms with E-state index in [0.717, 1.165) is 4.90 Å². The Morgan fingerprint density at radius 3 is 2.54 bits per heavy atom. The molecule has 2 aliphatic rings. The number of esters is 1. The molecular weight excluding hydrogens is 359 g/mol. The largest absolute Gasteiger partial charge is 0.468 e. The van der Waals surface area contributed by atoms with Crippen LogP contribution in [0.15, 0.2) is 24.3 Å². The predicted octanol–water partition coefficient (Wildman–Crippen LogP) is 1.37. The standard InChI is InChI=1S/C18H21FN2O4S/c1-21-15(22)12-13(16(21)23)18(8-9-26-3,17(24)25-2)20-14(12)10-4-6-11(19)7-5-10/h4-7,12-14,20H,8-9H2,1-3H3. The Bertz CT molecular complexity index is 741. The van der Waals surface area contributed by atoms with Gasteiger partial charge in [0.25, 0.3) is 0 Å². The Hall–Kier alpha value is -1.93. The van der Waals surface area contributed by atoms with Crippen molar-refractivity contribution in [1.82, 2.24) is 10.2 Å². The van der Waals surface area contributed by atoms with Crippen LogP contribution in [-0.4, -0.2) is 54.4 Å². The number of halogens is 1. The van der Waals surface area contributed by atoms with Crippen LogP contribution >= 0.6 is 11.8 Å². The van der Waals surface area contributed by atoms with Crippen LogP contribution in [0, 0.1) is 17.7 Å². The number of amides is 2. The number of fused-ring (bicyclic) bond motifs is 1. The van der Waals surface area contributed by atoms with Gasteiger partial charge >= 0.3 is 5.97 Å². The van der Waals surface area contributed by atoms with Gasteiger partial charge in [-0.1, -0.05) is 12.1 Å². The molecule has 0 aromatic heterocycles. The molecule has 2 heterocycles. The number of imide groups is 1. The lowest BCUT2D eigenvalue weighted by molar-refractivity contribution is -0.154. The van der Waals surface area contributed by atoms with E-state index in [4.69, 9.17) is 4.74 Å². The van der Waals surface area contributed by atoms with Crippen molar-refractivity contribution in [2.75, 3.05) is 26.2 Å². The molecule has 3 rings (SSSR count). The Kier molecular flexibility index (Phi) is 5.07. The Balaban J connectivity index is 2.11. The summed E-state index contributed by atoms with van der Waals surface area (Å²) in [6, 6.07) is 5.18. The van der Waals surface area contributed by atoms with Crippen LogP contribution in [0.1, 0.15) is 18.0 Å². The summed E-state index contributed by atoms with van der Waals surface area (Å²) in [6.07, 6.45) is 2.26. The van der Waals surface area contributed by atoms with Crippen LogP contribution in [0.5, 0.6) is 0 Å². The summed E-state index contributed by atoms with van der Waals surface area (Å²) >= 11 is 1.54. The number of nitrogens with one attached hydrogen (secondary N) is 1. The van der Waals surface area contributed by atoms with Crippen LogP contribution in [-0.2, 0) is 19.1 Å². The molecule has 6 nitrogen and oxygen atoms in total. The van der Waals surface area contributed by atoms with Gasteiger partial charge < -0.3 is 4.74 Å². The normalized spacial score (nSPS) is 30.6.